The Kier molecular flexibility index (Phi) is 6.19. The lowest BCUT2D eigenvalue weighted by molar-refractivity contribution is -0.152. The van der Waals surface area contributed by atoms with Crippen LogP contribution in [0.3, 0.4) is 0 Å². The van der Waals surface area contributed by atoms with Gasteiger partial charge in [0.15, 0.2) is 11.2 Å². The number of carbonyl (C=O) groups excluding carboxylic acids is 3. The minimum atomic E-state index is -0.734. The maximum Gasteiger partial charge on any atom is 0.321 e. The van der Waals surface area contributed by atoms with Gasteiger partial charge in [-0.3, -0.25) is 14.9 Å². The number of amides is 3. The van der Waals surface area contributed by atoms with Crippen molar-refractivity contribution in [2.24, 2.45) is 0 Å². The molecule has 0 aliphatic carbocycles. The largest absolute Gasteiger partial charge is 0.452 e. The van der Waals surface area contributed by atoms with E-state index in [0.29, 0.717) is 22.8 Å². The Hall–Kier alpha value is -3.01. The number of urea groups is 1. The van der Waals surface area contributed by atoms with Gasteiger partial charge in [-0.15, -0.1) is 11.3 Å². The number of nitrogens with one attached hydrogen (secondary N) is 2. The molecule has 0 bridgehead atoms. The van der Waals surface area contributed by atoms with Crippen molar-refractivity contribution >= 4 is 34.4 Å². The second-order valence-electron chi connectivity index (χ2n) is 6.29. The average Bonchev–Trinajstić information content (AvgIpc) is 3.28. The average molecular weight is 406 g/mol. The summed E-state index contributed by atoms with van der Waals surface area (Å²) < 4.78 is 18.1. The number of anilines is 1. The molecule has 1 atom stereocenters. The van der Waals surface area contributed by atoms with Crippen molar-refractivity contribution < 1.29 is 23.5 Å². The standard InChI is InChI=1S/C18H19FN4O4S/c1-23(16(25)14-5-6-15(24)27-14)9-13-10-28-18(21-13)22-17(26)20-8-11-3-2-4-12(19)7-11/h2-4,7,10,14H,5-6,8-9H2,1H3,(H2,20,21,22,26)/t14-/m1/s1. The summed E-state index contributed by atoms with van der Waals surface area (Å²) in [5.41, 5.74) is 1.24. The van der Waals surface area contributed by atoms with Crippen LogP contribution in [0.15, 0.2) is 29.6 Å². The summed E-state index contributed by atoms with van der Waals surface area (Å²) in [5.74, 6) is -1.01. The molecule has 1 aliphatic heterocycles. The molecular weight excluding hydrogens is 387 g/mol. The van der Waals surface area contributed by atoms with E-state index in [1.54, 1.807) is 24.6 Å². The van der Waals surface area contributed by atoms with Gasteiger partial charge in [0.25, 0.3) is 5.91 Å². The highest BCUT2D eigenvalue weighted by Gasteiger charge is 2.32. The summed E-state index contributed by atoms with van der Waals surface area (Å²) in [6, 6.07) is 5.49. The predicted molar refractivity (Wildman–Crippen MR) is 100.0 cm³/mol. The van der Waals surface area contributed by atoms with Crippen LogP contribution in [0, 0.1) is 5.82 Å². The minimum Gasteiger partial charge on any atom is -0.452 e. The number of rotatable bonds is 6. The predicted octanol–water partition coefficient (Wildman–Crippen LogP) is 2.27. The van der Waals surface area contributed by atoms with Crippen molar-refractivity contribution in [2.75, 3.05) is 12.4 Å². The number of ether oxygens (including phenoxy) is 1. The molecule has 2 aromatic rings. The van der Waals surface area contributed by atoms with Crippen molar-refractivity contribution in [1.82, 2.24) is 15.2 Å². The Bertz CT molecular complexity index is 888. The number of esters is 1. The molecule has 0 radical (unpaired) electrons. The van der Waals surface area contributed by atoms with Gasteiger partial charge < -0.3 is 15.0 Å². The van der Waals surface area contributed by atoms with Crippen LogP contribution in [0.2, 0.25) is 0 Å². The van der Waals surface area contributed by atoms with Crippen LogP contribution in [0.25, 0.3) is 0 Å². The molecule has 10 heteroatoms. The SMILES string of the molecule is CN(Cc1csc(NC(=O)NCc2cccc(F)c2)n1)C(=O)[C@H]1CCC(=O)O1. The number of halogens is 1. The molecular formula is C18H19FN4O4S. The lowest BCUT2D eigenvalue weighted by Crippen LogP contribution is -2.35. The number of benzene rings is 1. The summed E-state index contributed by atoms with van der Waals surface area (Å²) >= 11 is 1.22. The van der Waals surface area contributed by atoms with Crippen molar-refractivity contribution in [3.63, 3.8) is 0 Å². The Morgan fingerprint density at radius 3 is 2.96 bits per heavy atom. The number of hydrogen-bond acceptors (Lipinski definition) is 6. The second kappa shape index (κ2) is 8.79. The molecule has 2 N–H and O–H groups in total. The van der Waals surface area contributed by atoms with E-state index in [1.807, 2.05) is 0 Å². The van der Waals surface area contributed by atoms with Gasteiger partial charge in [-0.1, -0.05) is 12.1 Å². The van der Waals surface area contributed by atoms with Gasteiger partial charge in [0.1, 0.15) is 5.82 Å². The van der Waals surface area contributed by atoms with Gasteiger partial charge in [0.2, 0.25) is 0 Å². The van der Waals surface area contributed by atoms with Crippen molar-refractivity contribution in [1.29, 1.82) is 0 Å². The molecule has 1 aromatic heterocycles. The lowest BCUT2D eigenvalue weighted by Gasteiger charge is -2.19. The molecule has 3 rings (SSSR count). The van der Waals surface area contributed by atoms with E-state index in [1.165, 1.54) is 28.4 Å². The molecule has 148 valence electrons. The van der Waals surface area contributed by atoms with Crippen molar-refractivity contribution in [2.45, 2.75) is 32.0 Å². The van der Waals surface area contributed by atoms with Crippen molar-refractivity contribution in [3.8, 4) is 0 Å². The summed E-state index contributed by atoms with van der Waals surface area (Å²) in [6.07, 6.45) is -0.0979. The fourth-order valence-corrected chi connectivity index (χ4v) is 3.37. The summed E-state index contributed by atoms with van der Waals surface area (Å²) in [5, 5.41) is 7.33. The van der Waals surface area contributed by atoms with Gasteiger partial charge in [0.05, 0.1) is 12.2 Å². The van der Waals surface area contributed by atoms with E-state index in [2.05, 4.69) is 15.6 Å². The maximum atomic E-state index is 13.1. The first-order valence-corrected chi connectivity index (χ1v) is 9.47. The van der Waals surface area contributed by atoms with Gasteiger partial charge in [-0.05, 0) is 17.7 Å². The van der Waals surface area contributed by atoms with Gasteiger partial charge in [-0.2, -0.15) is 0 Å². The lowest BCUT2D eigenvalue weighted by atomic mass is 10.2. The Balaban J connectivity index is 1.47. The van der Waals surface area contributed by atoms with Crippen molar-refractivity contribution in [3.05, 3.63) is 46.7 Å². The number of likely N-dealkylation sites (N-methyl/N-ethyl adjacent to an activating group) is 1. The Labute approximate surface area is 164 Å². The first-order valence-electron chi connectivity index (χ1n) is 8.59. The van der Waals surface area contributed by atoms with E-state index in [4.69, 9.17) is 4.74 Å². The fourth-order valence-electron chi connectivity index (χ4n) is 2.67. The Morgan fingerprint density at radius 1 is 1.43 bits per heavy atom. The minimum absolute atomic E-state index is 0.180. The zero-order chi connectivity index (χ0) is 20.1. The van der Waals surface area contributed by atoms with Crippen LogP contribution in [-0.4, -0.2) is 40.9 Å². The zero-order valence-electron chi connectivity index (χ0n) is 15.1. The van der Waals surface area contributed by atoms with Gasteiger partial charge in [0, 0.05) is 31.8 Å². The maximum absolute atomic E-state index is 13.1. The summed E-state index contributed by atoms with van der Waals surface area (Å²) in [7, 11) is 1.60. The highest BCUT2D eigenvalue weighted by atomic mass is 32.1. The number of nitrogens with zero attached hydrogens (tertiary/aromatic N) is 2. The summed E-state index contributed by atoms with van der Waals surface area (Å²) in [4.78, 5) is 41.0. The molecule has 0 unspecified atom stereocenters. The first-order chi connectivity index (χ1) is 13.4. The molecule has 8 nitrogen and oxygen atoms in total. The van der Waals surface area contributed by atoms with Crippen LogP contribution in [-0.2, 0) is 27.4 Å². The molecule has 2 heterocycles. The molecule has 1 fully saturated rings. The number of thiazole rings is 1. The first kappa shape index (κ1) is 19.7. The number of carbonyl (C=O) groups is 3. The zero-order valence-corrected chi connectivity index (χ0v) is 15.9. The molecule has 0 saturated carbocycles. The van der Waals surface area contributed by atoms with E-state index < -0.39 is 12.1 Å². The third-order valence-corrected chi connectivity index (χ3v) is 4.86. The smallest absolute Gasteiger partial charge is 0.321 e. The highest BCUT2D eigenvalue weighted by molar-refractivity contribution is 7.13. The monoisotopic (exact) mass is 406 g/mol. The van der Waals surface area contributed by atoms with Gasteiger partial charge >= 0.3 is 12.0 Å². The molecule has 1 saturated heterocycles. The highest BCUT2D eigenvalue weighted by Crippen LogP contribution is 2.19. The molecule has 1 aromatic carbocycles. The third kappa shape index (κ3) is 5.26. The van der Waals surface area contributed by atoms with E-state index in [0.717, 1.165) is 0 Å². The fraction of sp³-hybridized carbons (Fsp3) is 0.333. The van der Waals surface area contributed by atoms with Crippen LogP contribution < -0.4 is 10.6 Å². The number of aromatic nitrogens is 1. The summed E-state index contributed by atoms with van der Waals surface area (Å²) in [6.45, 7) is 0.412. The van der Waals surface area contributed by atoms with Crippen LogP contribution >= 0.6 is 11.3 Å². The van der Waals surface area contributed by atoms with E-state index >= 15 is 0 Å². The molecule has 28 heavy (non-hydrogen) atoms. The normalized spacial score (nSPS) is 15.8. The number of cyclic esters (lactones) is 1. The topological polar surface area (TPSA) is 101 Å². The second-order valence-corrected chi connectivity index (χ2v) is 7.15. The molecule has 1 aliphatic rings. The van der Waals surface area contributed by atoms with Crippen LogP contribution in [0.4, 0.5) is 14.3 Å². The van der Waals surface area contributed by atoms with Gasteiger partial charge in [-0.25, -0.2) is 14.2 Å². The molecule has 0 spiro atoms. The van der Waals surface area contributed by atoms with E-state index in [9.17, 15) is 18.8 Å². The third-order valence-electron chi connectivity index (χ3n) is 4.05. The number of hydrogen-bond donors (Lipinski definition) is 2. The van der Waals surface area contributed by atoms with Crippen LogP contribution in [0.5, 0.6) is 0 Å². The van der Waals surface area contributed by atoms with E-state index in [-0.39, 0.29) is 37.2 Å². The Morgan fingerprint density at radius 2 is 2.25 bits per heavy atom. The van der Waals surface area contributed by atoms with Crippen LogP contribution in [0.1, 0.15) is 24.1 Å². The quantitative estimate of drug-likeness (QED) is 0.717. The molecule has 3 amide bonds.